The molecule has 4 rings (SSSR count). The molecule has 3 unspecified atom stereocenters. The van der Waals surface area contributed by atoms with Crippen LogP contribution in [-0.2, 0) is 12.0 Å². The van der Waals surface area contributed by atoms with E-state index in [1.807, 2.05) is 18.2 Å². The molecule has 1 saturated heterocycles. The van der Waals surface area contributed by atoms with Crippen LogP contribution >= 0.6 is 0 Å². The van der Waals surface area contributed by atoms with Gasteiger partial charge in [-0.3, -0.25) is 4.90 Å². The molecule has 1 fully saturated rings. The molecule has 2 aromatic carbocycles. The summed E-state index contributed by atoms with van der Waals surface area (Å²) in [5.74, 6) is -0.200. The molecule has 31 heavy (non-hydrogen) atoms. The second-order valence-electron chi connectivity index (χ2n) is 10.1. The van der Waals surface area contributed by atoms with Crippen molar-refractivity contribution in [3.05, 3.63) is 65.2 Å². The van der Waals surface area contributed by atoms with Crippen LogP contribution in [0.5, 0.6) is 5.75 Å². The molecule has 2 heterocycles. The molecule has 0 aliphatic carbocycles. The van der Waals surface area contributed by atoms with E-state index in [1.54, 1.807) is 6.07 Å². The van der Waals surface area contributed by atoms with Gasteiger partial charge in [-0.2, -0.15) is 0 Å². The minimum atomic E-state index is -0.934. The first-order valence-electron chi connectivity index (χ1n) is 11.6. The van der Waals surface area contributed by atoms with Crippen LogP contribution in [0.2, 0.25) is 0 Å². The van der Waals surface area contributed by atoms with Crippen LogP contribution in [0.15, 0.2) is 48.5 Å². The molecule has 2 aromatic rings. The first-order chi connectivity index (χ1) is 14.8. The maximum Gasteiger partial charge on any atom is 0.339 e. The molecule has 0 aromatic heterocycles. The summed E-state index contributed by atoms with van der Waals surface area (Å²) in [6.45, 7) is 11.2. The van der Waals surface area contributed by atoms with E-state index in [0.29, 0.717) is 11.8 Å². The quantitative estimate of drug-likeness (QED) is 0.668. The minimum Gasteiger partial charge on any atom is -0.480 e. The zero-order chi connectivity index (χ0) is 22.2. The number of nitrogens with zero attached hydrogens (tertiary/aromatic N) is 1. The number of likely N-dealkylation sites (tertiary alicyclic amines) is 1. The predicted octanol–water partition coefficient (Wildman–Crippen LogP) is 5.75. The Hall–Kier alpha value is -2.33. The van der Waals surface area contributed by atoms with Gasteiger partial charge in [-0.15, -0.1) is 0 Å². The molecule has 0 amide bonds. The van der Waals surface area contributed by atoms with Crippen molar-refractivity contribution >= 4 is 5.97 Å². The lowest BCUT2D eigenvalue weighted by molar-refractivity contribution is -0.118. The van der Waals surface area contributed by atoms with Crippen molar-refractivity contribution < 1.29 is 14.6 Å². The Kier molecular flexibility index (Phi) is 5.87. The number of carboxylic acids is 1. The Bertz CT molecular complexity index is 939. The van der Waals surface area contributed by atoms with E-state index in [-0.39, 0.29) is 16.9 Å². The molecule has 1 N–H and O–H groups in total. The molecular formula is C27H35NO3. The van der Waals surface area contributed by atoms with E-state index in [1.165, 1.54) is 19.3 Å². The van der Waals surface area contributed by atoms with Crippen molar-refractivity contribution in [3.63, 3.8) is 0 Å². The van der Waals surface area contributed by atoms with Crippen LogP contribution in [0, 0.1) is 11.3 Å². The van der Waals surface area contributed by atoms with E-state index in [0.717, 1.165) is 30.6 Å². The molecule has 4 heteroatoms. The zero-order valence-corrected chi connectivity index (χ0v) is 19.2. The minimum absolute atomic E-state index is 0.196. The Labute approximate surface area is 186 Å². The average molecular weight is 422 g/mol. The maximum atomic E-state index is 12.0. The Morgan fingerprint density at radius 3 is 2.55 bits per heavy atom. The van der Waals surface area contributed by atoms with E-state index < -0.39 is 11.6 Å². The van der Waals surface area contributed by atoms with Gasteiger partial charge in [0.05, 0.1) is 0 Å². The van der Waals surface area contributed by atoms with E-state index in [4.69, 9.17) is 4.74 Å². The average Bonchev–Trinajstić information content (AvgIpc) is 2.74. The number of hydrogen-bond donors (Lipinski definition) is 1. The van der Waals surface area contributed by atoms with Crippen molar-refractivity contribution in [2.75, 3.05) is 13.1 Å². The topological polar surface area (TPSA) is 49.8 Å². The lowest BCUT2D eigenvalue weighted by atomic mass is 9.61. The number of fused-ring (bicyclic) bond motifs is 1. The maximum absolute atomic E-state index is 12.0. The first kappa shape index (κ1) is 21.9. The highest BCUT2D eigenvalue weighted by molar-refractivity contribution is 5.91. The summed E-state index contributed by atoms with van der Waals surface area (Å²) in [6, 6.07) is 16.5. The number of aromatic carboxylic acids is 1. The fourth-order valence-electron chi connectivity index (χ4n) is 6.01. The van der Waals surface area contributed by atoms with Gasteiger partial charge in [0.25, 0.3) is 0 Å². The molecule has 0 radical (unpaired) electrons. The summed E-state index contributed by atoms with van der Waals surface area (Å²) in [7, 11) is 0. The molecule has 0 spiro atoms. The monoisotopic (exact) mass is 421 g/mol. The lowest BCUT2D eigenvalue weighted by Crippen LogP contribution is -2.59. The van der Waals surface area contributed by atoms with Crippen LogP contribution in [0.4, 0.5) is 0 Å². The van der Waals surface area contributed by atoms with Crippen LogP contribution in [-0.4, -0.2) is 35.1 Å². The lowest BCUT2D eigenvalue weighted by Gasteiger charge is -2.55. The molecule has 166 valence electrons. The highest BCUT2D eigenvalue weighted by Gasteiger charge is 2.55. The highest BCUT2D eigenvalue weighted by atomic mass is 16.5. The SMILES string of the molecule is CC1CCCCN1CC(C)(C)C1(c2ccccc2)Oc2c(cccc2C(=O)O)CC1C. The van der Waals surface area contributed by atoms with Crippen molar-refractivity contribution in [3.8, 4) is 5.75 Å². The summed E-state index contributed by atoms with van der Waals surface area (Å²) >= 11 is 0. The third kappa shape index (κ3) is 3.76. The number of ether oxygens (including phenoxy) is 1. The van der Waals surface area contributed by atoms with Gasteiger partial charge >= 0.3 is 5.97 Å². The summed E-state index contributed by atoms with van der Waals surface area (Å²) in [4.78, 5) is 14.6. The summed E-state index contributed by atoms with van der Waals surface area (Å²) in [5, 5.41) is 9.86. The third-order valence-corrected chi connectivity index (χ3v) is 7.56. The van der Waals surface area contributed by atoms with E-state index in [9.17, 15) is 9.90 Å². The molecule has 4 nitrogen and oxygen atoms in total. The molecule has 0 saturated carbocycles. The Morgan fingerprint density at radius 2 is 1.87 bits per heavy atom. The zero-order valence-electron chi connectivity index (χ0n) is 19.2. The van der Waals surface area contributed by atoms with Gasteiger partial charge in [-0.05, 0) is 49.9 Å². The summed E-state index contributed by atoms with van der Waals surface area (Å²) in [5.41, 5.74) is 1.52. The fourth-order valence-corrected chi connectivity index (χ4v) is 6.01. The largest absolute Gasteiger partial charge is 0.480 e. The van der Waals surface area contributed by atoms with Crippen LogP contribution < -0.4 is 4.74 Å². The van der Waals surface area contributed by atoms with Gasteiger partial charge in [-0.25, -0.2) is 4.79 Å². The molecule has 2 aliphatic heterocycles. The smallest absolute Gasteiger partial charge is 0.339 e. The number of rotatable bonds is 5. The number of carbonyl (C=O) groups is 1. The van der Waals surface area contributed by atoms with Crippen LogP contribution in [0.1, 0.15) is 68.4 Å². The molecule has 0 bridgehead atoms. The number of para-hydroxylation sites is 1. The molecule has 3 atom stereocenters. The highest BCUT2D eigenvalue weighted by Crippen LogP contribution is 2.54. The number of carboxylic acid groups (broad SMARTS) is 1. The third-order valence-electron chi connectivity index (χ3n) is 7.56. The standard InChI is InChI=1S/C27H35NO3/c1-19-17-21-12-10-15-23(25(29)30)24(21)31-27(19,22-13-6-5-7-14-22)26(3,4)18-28-16-9-8-11-20(28)2/h5-7,10,12-15,19-20H,8-9,11,16-18H2,1-4H3,(H,29,30). The second kappa shape index (κ2) is 8.31. The van der Waals surface area contributed by atoms with Gasteiger partial charge < -0.3 is 9.84 Å². The first-order valence-corrected chi connectivity index (χ1v) is 11.6. The molecule has 2 aliphatic rings. The number of hydrogen-bond acceptors (Lipinski definition) is 3. The summed E-state index contributed by atoms with van der Waals surface area (Å²) in [6.07, 6.45) is 4.56. The number of benzene rings is 2. The van der Waals surface area contributed by atoms with E-state index >= 15 is 0 Å². The van der Waals surface area contributed by atoms with Crippen molar-refractivity contribution in [1.29, 1.82) is 0 Å². The van der Waals surface area contributed by atoms with Gasteiger partial charge in [-0.1, -0.05) is 69.7 Å². The fraction of sp³-hybridized carbons (Fsp3) is 0.519. The number of piperidine rings is 1. The van der Waals surface area contributed by atoms with Crippen LogP contribution in [0.25, 0.3) is 0 Å². The Balaban J connectivity index is 1.84. The van der Waals surface area contributed by atoms with Gasteiger partial charge in [0, 0.05) is 23.9 Å². The normalized spacial score (nSPS) is 26.7. The van der Waals surface area contributed by atoms with Gasteiger partial charge in [0.2, 0.25) is 0 Å². The second-order valence-corrected chi connectivity index (χ2v) is 10.1. The van der Waals surface area contributed by atoms with Gasteiger partial charge in [0.15, 0.2) is 0 Å². The summed E-state index contributed by atoms with van der Waals surface area (Å²) < 4.78 is 6.94. The van der Waals surface area contributed by atoms with Crippen molar-refractivity contribution in [2.24, 2.45) is 11.3 Å². The molecular weight excluding hydrogens is 386 g/mol. The predicted molar refractivity (Wildman–Crippen MR) is 124 cm³/mol. The van der Waals surface area contributed by atoms with Crippen molar-refractivity contribution in [1.82, 2.24) is 4.90 Å². The van der Waals surface area contributed by atoms with E-state index in [2.05, 4.69) is 56.9 Å². The van der Waals surface area contributed by atoms with Gasteiger partial charge in [0.1, 0.15) is 16.9 Å². The Morgan fingerprint density at radius 1 is 1.13 bits per heavy atom. The van der Waals surface area contributed by atoms with Crippen molar-refractivity contribution in [2.45, 2.75) is 65.0 Å². The van der Waals surface area contributed by atoms with Crippen LogP contribution in [0.3, 0.4) is 0 Å².